The molecule has 0 saturated heterocycles. The second-order valence-electron chi connectivity index (χ2n) is 6.70. The first kappa shape index (κ1) is 13.0. The Bertz CT molecular complexity index is 1090. The van der Waals surface area contributed by atoms with Crippen LogP contribution in [-0.4, -0.2) is 4.57 Å². The van der Waals surface area contributed by atoms with Crippen LogP contribution in [0.1, 0.15) is 37.6 Å². The van der Waals surface area contributed by atoms with Crippen molar-refractivity contribution in [2.75, 3.05) is 0 Å². The normalized spacial score (nSPS) is 14.4. The molecular formula is C21H19NO. The van der Waals surface area contributed by atoms with E-state index in [-0.39, 0.29) is 0 Å². The summed E-state index contributed by atoms with van der Waals surface area (Å²) in [5.74, 6) is 1.04. The summed E-state index contributed by atoms with van der Waals surface area (Å²) in [6, 6.07) is 13.6. The maximum Gasteiger partial charge on any atom is 0.145 e. The smallest absolute Gasteiger partial charge is 0.145 e. The van der Waals surface area contributed by atoms with Crippen LogP contribution >= 0.6 is 0 Å². The molecule has 0 radical (unpaired) electrons. The summed E-state index contributed by atoms with van der Waals surface area (Å²) in [6.45, 7) is 4.48. The van der Waals surface area contributed by atoms with Crippen molar-refractivity contribution in [1.82, 2.24) is 4.57 Å². The van der Waals surface area contributed by atoms with E-state index in [1.807, 2.05) is 0 Å². The van der Waals surface area contributed by atoms with Crippen LogP contribution in [0.2, 0.25) is 0 Å². The lowest BCUT2D eigenvalue weighted by Gasteiger charge is -2.11. The third-order valence-electron chi connectivity index (χ3n) is 5.01. The van der Waals surface area contributed by atoms with Crippen molar-refractivity contribution < 1.29 is 4.42 Å². The molecular weight excluding hydrogens is 282 g/mol. The van der Waals surface area contributed by atoms with Crippen molar-refractivity contribution in [3.63, 3.8) is 0 Å². The Kier molecular flexibility index (Phi) is 2.55. The van der Waals surface area contributed by atoms with Gasteiger partial charge in [0.15, 0.2) is 0 Å². The SMILES string of the molecule is CC(C)n1c2ccccc2c2c3oc4c(c3ccc21)CCC=C4. The fourth-order valence-electron chi connectivity index (χ4n) is 4.07. The topological polar surface area (TPSA) is 18.1 Å². The van der Waals surface area contributed by atoms with Crippen molar-refractivity contribution >= 4 is 38.9 Å². The Balaban J connectivity index is 2.04. The summed E-state index contributed by atoms with van der Waals surface area (Å²) >= 11 is 0. The van der Waals surface area contributed by atoms with Crippen LogP contribution in [0.4, 0.5) is 0 Å². The van der Waals surface area contributed by atoms with Gasteiger partial charge in [-0.1, -0.05) is 24.3 Å². The van der Waals surface area contributed by atoms with Crippen molar-refractivity contribution in [2.24, 2.45) is 0 Å². The minimum atomic E-state index is 0.416. The lowest BCUT2D eigenvalue weighted by atomic mass is 10.00. The van der Waals surface area contributed by atoms with E-state index in [0.29, 0.717) is 6.04 Å². The molecule has 1 aliphatic rings. The quantitative estimate of drug-likeness (QED) is 0.416. The van der Waals surface area contributed by atoms with Gasteiger partial charge in [0.05, 0.1) is 10.9 Å². The van der Waals surface area contributed by atoms with Gasteiger partial charge in [-0.2, -0.15) is 0 Å². The lowest BCUT2D eigenvalue weighted by molar-refractivity contribution is 0.598. The first-order valence-corrected chi connectivity index (χ1v) is 8.39. The highest BCUT2D eigenvalue weighted by atomic mass is 16.3. The monoisotopic (exact) mass is 301 g/mol. The van der Waals surface area contributed by atoms with Gasteiger partial charge in [-0.25, -0.2) is 0 Å². The molecule has 0 fully saturated rings. The standard InChI is InChI=1S/C21H19NO/c1-13(2)22-17-9-5-3-8-16(17)20-18(22)12-11-15-14-7-4-6-10-19(14)23-21(15)20/h3,5-6,8-13H,4,7H2,1-2H3. The van der Waals surface area contributed by atoms with E-state index in [1.165, 1.54) is 32.8 Å². The number of nitrogens with zero attached hydrogens (tertiary/aromatic N) is 1. The van der Waals surface area contributed by atoms with Crippen molar-refractivity contribution in [3.05, 3.63) is 53.8 Å². The average Bonchev–Trinajstić information content (AvgIpc) is 3.10. The van der Waals surface area contributed by atoms with Crippen LogP contribution in [0.5, 0.6) is 0 Å². The Morgan fingerprint density at radius 2 is 1.87 bits per heavy atom. The molecule has 2 heterocycles. The van der Waals surface area contributed by atoms with Crippen LogP contribution < -0.4 is 0 Å². The van der Waals surface area contributed by atoms with E-state index in [2.05, 4.69) is 67.0 Å². The molecule has 0 amide bonds. The Morgan fingerprint density at radius 1 is 1.00 bits per heavy atom. The van der Waals surface area contributed by atoms with Crippen LogP contribution in [-0.2, 0) is 6.42 Å². The highest BCUT2D eigenvalue weighted by Gasteiger charge is 2.21. The van der Waals surface area contributed by atoms with Crippen LogP contribution in [0, 0.1) is 0 Å². The molecule has 0 spiro atoms. The van der Waals surface area contributed by atoms with Gasteiger partial charge in [-0.05, 0) is 51.0 Å². The molecule has 2 nitrogen and oxygen atoms in total. The van der Waals surface area contributed by atoms with Gasteiger partial charge in [-0.15, -0.1) is 0 Å². The number of aryl methyl sites for hydroxylation is 1. The summed E-state index contributed by atoms with van der Waals surface area (Å²) in [5.41, 5.74) is 4.97. The third-order valence-corrected chi connectivity index (χ3v) is 5.01. The molecule has 0 N–H and O–H groups in total. The molecule has 2 heteroatoms. The number of hydrogen-bond acceptors (Lipinski definition) is 1. The van der Waals surface area contributed by atoms with Gasteiger partial charge >= 0.3 is 0 Å². The fourth-order valence-corrected chi connectivity index (χ4v) is 4.07. The predicted molar refractivity (Wildman–Crippen MR) is 97.0 cm³/mol. The number of aromatic nitrogens is 1. The van der Waals surface area contributed by atoms with Gasteiger partial charge in [0.2, 0.25) is 0 Å². The van der Waals surface area contributed by atoms with Gasteiger partial charge in [0.1, 0.15) is 11.3 Å². The average molecular weight is 301 g/mol. The zero-order valence-corrected chi connectivity index (χ0v) is 13.5. The molecule has 1 aliphatic carbocycles. The zero-order valence-electron chi connectivity index (χ0n) is 13.5. The predicted octanol–water partition coefficient (Wildman–Crippen LogP) is 6.08. The van der Waals surface area contributed by atoms with E-state index in [4.69, 9.17) is 4.42 Å². The second-order valence-corrected chi connectivity index (χ2v) is 6.70. The molecule has 5 rings (SSSR count). The Morgan fingerprint density at radius 3 is 2.74 bits per heavy atom. The van der Waals surface area contributed by atoms with Crippen LogP contribution in [0.25, 0.3) is 38.9 Å². The number of hydrogen-bond donors (Lipinski definition) is 0. The maximum absolute atomic E-state index is 6.30. The van der Waals surface area contributed by atoms with Crippen LogP contribution in [0.3, 0.4) is 0 Å². The molecule has 4 aromatic rings. The molecule has 0 aliphatic heterocycles. The molecule has 0 saturated carbocycles. The number of furan rings is 1. The van der Waals surface area contributed by atoms with Gasteiger partial charge in [-0.3, -0.25) is 0 Å². The highest BCUT2D eigenvalue weighted by Crippen LogP contribution is 2.40. The number of rotatable bonds is 1. The summed E-state index contributed by atoms with van der Waals surface area (Å²) in [5, 5.41) is 3.83. The van der Waals surface area contributed by atoms with Crippen molar-refractivity contribution in [2.45, 2.75) is 32.7 Å². The van der Waals surface area contributed by atoms with Crippen LogP contribution in [0.15, 0.2) is 46.9 Å². The summed E-state index contributed by atoms with van der Waals surface area (Å²) in [6.07, 6.45) is 6.52. The fraction of sp³-hybridized carbons (Fsp3) is 0.238. The summed E-state index contributed by atoms with van der Waals surface area (Å²) in [4.78, 5) is 0. The van der Waals surface area contributed by atoms with Gasteiger partial charge in [0.25, 0.3) is 0 Å². The number of para-hydroxylation sites is 1. The van der Waals surface area contributed by atoms with Crippen molar-refractivity contribution in [1.29, 1.82) is 0 Å². The van der Waals surface area contributed by atoms with Crippen molar-refractivity contribution in [3.8, 4) is 0 Å². The lowest BCUT2D eigenvalue weighted by Crippen LogP contribution is -1.99. The highest BCUT2D eigenvalue weighted by molar-refractivity contribution is 6.19. The summed E-state index contributed by atoms with van der Waals surface area (Å²) in [7, 11) is 0. The first-order chi connectivity index (χ1) is 11.3. The maximum atomic E-state index is 6.30. The van der Waals surface area contributed by atoms with E-state index in [0.717, 1.165) is 24.2 Å². The van der Waals surface area contributed by atoms with Gasteiger partial charge in [0, 0.05) is 27.9 Å². The third kappa shape index (κ3) is 1.64. The molecule has 23 heavy (non-hydrogen) atoms. The molecule has 114 valence electrons. The first-order valence-electron chi connectivity index (χ1n) is 8.39. The Hall–Kier alpha value is -2.48. The number of benzene rings is 2. The molecule has 0 unspecified atom stereocenters. The second kappa shape index (κ2) is 4.51. The van der Waals surface area contributed by atoms with E-state index >= 15 is 0 Å². The largest absolute Gasteiger partial charge is 0.456 e. The molecule has 2 aromatic carbocycles. The summed E-state index contributed by atoms with van der Waals surface area (Å²) < 4.78 is 8.72. The molecule has 2 aromatic heterocycles. The Labute approximate surface area is 135 Å². The minimum absolute atomic E-state index is 0.416. The van der Waals surface area contributed by atoms with E-state index in [1.54, 1.807) is 0 Å². The van der Waals surface area contributed by atoms with E-state index in [9.17, 15) is 0 Å². The molecule has 0 bridgehead atoms. The zero-order chi connectivity index (χ0) is 15.6. The van der Waals surface area contributed by atoms with E-state index < -0.39 is 0 Å². The minimum Gasteiger partial charge on any atom is -0.456 e. The number of allylic oxidation sites excluding steroid dienone is 1. The molecule has 0 atom stereocenters. The number of fused-ring (bicyclic) bond motifs is 7. The van der Waals surface area contributed by atoms with Gasteiger partial charge < -0.3 is 8.98 Å².